The van der Waals surface area contributed by atoms with E-state index in [4.69, 9.17) is 4.74 Å². The van der Waals surface area contributed by atoms with Crippen molar-refractivity contribution >= 4 is 11.4 Å². The zero-order valence-corrected chi connectivity index (χ0v) is 12.4. The van der Waals surface area contributed by atoms with Gasteiger partial charge in [-0.05, 0) is 24.5 Å². The van der Waals surface area contributed by atoms with Crippen molar-refractivity contribution in [2.45, 2.75) is 31.6 Å². The first-order valence-electron chi connectivity index (χ1n) is 7.24. The summed E-state index contributed by atoms with van der Waals surface area (Å²) in [5.41, 5.74) is 0.156. The van der Waals surface area contributed by atoms with E-state index in [0.29, 0.717) is 25.3 Å². The lowest BCUT2D eigenvalue weighted by Gasteiger charge is -2.23. The second kappa shape index (κ2) is 7.60. The van der Waals surface area contributed by atoms with Gasteiger partial charge in [-0.2, -0.15) is 13.2 Å². The van der Waals surface area contributed by atoms with Crippen LogP contribution in [0.4, 0.5) is 24.5 Å². The SMILES string of the molecule is O=[N+]([O-])c1cc(CNC2CCOCC2)ccc1NCC(F)(F)F. The van der Waals surface area contributed by atoms with Crippen LogP contribution in [0.5, 0.6) is 0 Å². The number of hydrogen-bond acceptors (Lipinski definition) is 5. The van der Waals surface area contributed by atoms with Gasteiger partial charge in [-0.1, -0.05) is 6.07 Å². The molecule has 1 fully saturated rings. The average Bonchev–Trinajstić information content (AvgIpc) is 2.51. The fraction of sp³-hybridized carbons (Fsp3) is 0.571. The summed E-state index contributed by atoms with van der Waals surface area (Å²) in [5, 5.41) is 16.4. The average molecular weight is 333 g/mol. The molecular weight excluding hydrogens is 315 g/mol. The molecule has 0 radical (unpaired) electrons. The van der Waals surface area contributed by atoms with Crippen molar-refractivity contribution in [3.05, 3.63) is 33.9 Å². The molecule has 23 heavy (non-hydrogen) atoms. The summed E-state index contributed by atoms with van der Waals surface area (Å²) in [6.45, 7) is 0.467. The van der Waals surface area contributed by atoms with Gasteiger partial charge in [0.1, 0.15) is 12.2 Å². The van der Waals surface area contributed by atoms with Crippen LogP contribution < -0.4 is 10.6 Å². The Balaban J connectivity index is 2.01. The first kappa shape index (κ1) is 17.5. The molecule has 9 heteroatoms. The van der Waals surface area contributed by atoms with Crippen molar-refractivity contribution in [1.29, 1.82) is 0 Å². The Bertz CT molecular complexity index is 546. The van der Waals surface area contributed by atoms with Crippen LogP contribution in [0.2, 0.25) is 0 Å². The van der Waals surface area contributed by atoms with Crippen LogP contribution in [0.1, 0.15) is 18.4 Å². The predicted octanol–water partition coefficient (Wildman–Crippen LogP) is 2.84. The zero-order valence-electron chi connectivity index (χ0n) is 12.4. The lowest BCUT2D eigenvalue weighted by molar-refractivity contribution is -0.384. The Kier molecular flexibility index (Phi) is 5.78. The Morgan fingerprint density at radius 2 is 2.00 bits per heavy atom. The Hall–Kier alpha value is -1.87. The topological polar surface area (TPSA) is 76.4 Å². The molecular formula is C14H18F3N3O3. The molecule has 0 bridgehead atoms. The summed E-state index contributed by atoms with van der Waals surface area (Å²) in [7, 11) is 0. The smallest absolute Gasteiger partial charge is 0.381 e. The van der Waals surface area contributed by atoms with Crippen molar-refractivity contribution in [2.24, 2.45) is 0 Å². The van der Waals surface area contributed by atoms with Crippen LogP contribution >= 0.6 is 0 Å². The minimum absolute atomic E-state index is 0.137. The second-order valence-electron chi connectivity index (χ2n) is 5.34. The van der Waals surface area contributed by atoms with Crippen molar-refractivity contribution < 1.29 is 22.8 Å². The maximum absolute atomic E-state index is 12.2. The maximum atomic E-state index is 12.2. The Morgan fingerprint density at radius 1 is 1.30 bits per heavy atom. The standard InChI is InChI=1S/C14H18F3N3O3/c15-14(16,17)9-19-12-2-1-10(7-13(12)20(21)22)8-18-11-3-5-23-6-4-11/h1-2,7,11,18-19H,3-6,8-9H2. The maximum Gasteiger partial charge on any atom is 0.405 e. The molecule has 1 aliphatic rings. The molecule has 0 aliphatic carbocycles. The number of halogens is 3. The number of nitro groups is 1. The summed E-state index contributed by atoms with van der Waals surface area (Å²) in [5.74, 6) is 0. The quantitative estimate of drug-likeness (QED) is 0.618. The van der Waals surface area contributed by atoms with Crippen molar-refractivity contribution in [1.82, 2.24) is 5.32 Å². The molecule has 1 heterocycles. The van der Waals surface area contributed by atoms with Gasteiger partial charge in [-0.3, -0.25) is 10.1 Å². The number of hydrogen-bond donors (Lipinski definition) is 2. The number of nitrogens with one attached hydrogen (secondary N) is 2. The predicted molar refractivity (Wildman–Crippen MR) is 78.3 cm³/mol. The van der Waals surface area contributed by atoms with Crippen molar-refractivity contribution in [2.75, 3.05) is 25.1 Å². The van der Waals surface area contributed by atoms with E-state index < -0.39 is 17.6 Å². The van der Waals surface area contributed by atoms with E-state index >= 15 is 0 Å². The summed E-state index contributed by atoms with van der Waals surface area (Å²) in [4.78, 5) is 10.4. The summed E-state index contributed by atoms with van der Waals surface area (Å²) in [6, 6.07) is 4.47. The van der Waals surface area contributed by atoms with Crippen LogP contribution in [0.3, 0.4) is 0 Å². The number of benzene rings is 1. The highest BCUT2D eigenvalue weighted by Gasteiger charge is 2.28. The second-order valence-corrected chi connectivity index (χ2v) is 5.34. The summed E-state index contributed by atoms with van der Waals surface area (Å²) in [6.07, 6.45) is -2.70. The lowest BCUT2D eigenvalue weighted by Crippen LogP contribution is -2.34. The number of ether oxygens (including phenoxy) is 1. The molecule has 6 nitrogen and oxygen atoms in total. The Morgan fingerprint density at radius 3 is 2.61 bits per heavy atom. The van der Waals surface area contributed by atoms with E-state index in [0.717, 1.165) is 12.8 Å². The monoisotopic (exact) mass is 333 g/mol. The minimum Gasteiger partial charge on any atom is -0.381 e. The van der Waals surface area contributed by atoms with Gasteiger partial charge in [0, 0.05) is 31.9 Å². The number of nitro benzene ring substituents is 1. The van der Waals surface area contributed by atoms with Crippen molar-refractivity contribution in [3.63, 3.8) is 0 Å². The van der Waals surface area contributed by atoms with Gasteiger partial charge in [0.2, 0.25) is 0 Å². The van der Waals surface area contributed by atoms with Crippen molar-refractivity contribution in [3.8, 4) is 0 Å². The van der Waals surface area contributed by atoms with Crippen LogP contribution in [0.15, 0.2) is 18.2 Å². The third-order valence-electron chi connectivity index (χ3n) is 3.55. The molecule has 0 amide bonds. The highest BCUT2D eigenvalue weighted by molar-refractivity contribution is 5.62. The van der Waals surface area contributed by atoms with Crippen LogP contribution in [0, 0.1) is 10.1 Å². The van der Waals surface area contributed by atoms with Gasteiger partial charge in [0.05, 0.1) is 4.92 Å². The van der Waals surface area contributed by atoms with E-state index in [1.807, 2.05) is 0 Å². The molecule has 0 saturated carbocycles. The normalized spacial score (nSPS) is 16.3. The highest BCUT2D eigenvalue weighted by Crippen LogP contribution is 2.27. The third-order valence-corrected chi connectivity index (χ3v) is 3.55. The van der Waals surface area contributed by atoms with E-state index in [1.54, 1.807) is 6.07 Å². The van der Waals surface area contributed by atoms with Gasteiger partial charge in [0.25, 0.3) is 5.69 Å². The highest BCUT2D eigenvalue weighted by atomic mass is 19.4. The minimum atomic E-state index is -4.43. The van der Waals surface area contributed by atoms with Crippen LogP contribution in [-0.4, -0.2) is 36.9 Å². The summed E-state index contributed by atoms with van der Waals surface area (Å²) >= 11 is 0. The molecule has 128 valence electrons. The third kappa shape index (κ3) is 5.68. The van der Waals surface area contributed by atoms with E-state index in [2.05, 4.69) is 10.6 Å². The molecule has 1 saturated heterocycles. The first-order valence-corrected chi connectivity index (χ1v) is 7.24. The number of alkyl halides is 3. The van der Waals surface area contributed by atoms with Gasteiger partial charge in [-0.15, -0.1) is 0 Å². The molecule has 2 rings (SSSR count). The van der Waals surface area contributed by atoms with E-state index in [-0.39, 0.29) is 17.4 Å². The Labute approximate surface area is 131 Å². The number of nitrogens with zero attached hydrogens (tertiary/aromatic N) is 1. The summed E-state index contributed by atoms with van der Waals surface area (Å²) < 4.78 is 41.9. The molecule has 1 aromatic carbocycles. The lowest BCUT2D eigenvalue weighted by atomic mass is 10.1. The van der Waals surface area contributed by atoms with Crippen LogP contribution in [0.25, 0.3) is 0 Å². The van der Waals surface area contributed by atoms with Crippen LogP contribution in [-0.2, 0) is 11.3 Å². The first-order chi connectivity index (χ1) is 10.8. The van der Waals surface area contributed by atoms with E-state index in [1.165, 1.54) is 12.1 Å². The number of anilines is 1. The molecule has 0 atom stereocenters. The van der Waals surface area contributed by atoms with Gasteiger partial charge >= 0.3 is 6.18 Å². The van der Waals surface area contributed by atoms with E-state index in [9.17, 15) is 23.3 Å². The van der Waals surface area contributed by atoms with Gasteiger partial charge in [0.15, 0.2) is 0 Å². The fourth-order valence-corrected chi connectivity index (χ4v) is 2.35. The zero-order chi connectivity index (χ0) is 16.9. The van der Waals surface area contributed by atoms with Gasteiger partial charge in [-0.25, -0.2) is 0 Å². The largest absolute Gasteiger partial charge is 0.405 e. The molecule has 1 aromatic rings. The van der Waals surface area contributed by atoms with Gasteiger partial charge < -0.3 is 15.4 Å². The fourth-order valence-electron chi connectivity index (χ4n) is 2.35. The molecule has 1 aliphatic heterocycles. The number of rotatable bonds is 6. The molecule has 2 N–H and O–H groups in total. The molecule has 0 aromatic heterocycles. The molecule has 0 unspecified atom stereocenters. The molecule has 0 spiro atoms.